The van der Waals surface area contributed by atoms with Crippen LogP contribution >= 0.6 is 27.7 Å². The van der Waals surface area contributed by atoms with Gasteiger partial charge in [0.25, 0.3) is 0 Å². The van der Waals surface area contributed by atoms with Crippen molar-refractivity contribution in [1.82, 2.24) is 4.98 Å². The maximum Gasteiger partial charge on any atom is 0.143 e. The third-order valence-corrected chi connectivity index (χ3v) is 6.16. The van der Waals surface area contributed by atoms with E-state index in [9.17, 15) is 10.5 Å². The fourth-order valence-corrected chi connectivity index (χ4v) is 4.57. The van der Waals surface area contributed by atoms with E-state index in [1.165, 1.54) is 11.8 Å². The van der Waals surface area contributed by atoms with Gasteiger partial charge in [-0.05, 0) is 34.5 Å². The maximum atomic E-state index is 9.94. The Labute approximate surface area is 180 Å². The van der Waals surface area contributed by atoms with E-state index in [1.54, 1.807) is 0 Å². The van der Waals surface area contributed by atoms with E-state index >= 15 is 0 Å². The number of anilines is 1. The highest BCUT2D eigenvalue weighted by Crippen LogP contribution is 2.40. The van der Waals surface area contributed by atoms with Crippen LogP contribution < -0.4 is 5.73 Å². The molecule has 0 fully saturated rings. The lowest BCUT2D eigenvalue weighted by atomic mass is 9.97. The summed E-state index contributed by atoms with van der Waals surface area (Å²) in [7, 11) is 0. The molecule has 4 nitrogen and oxygen atoms in total. The molecule has 4 aromatic rings. The Kier molecular flexibility index (Phi) is 5.22. The fraction of sp³-hybridized carbons (Fsp3) is 0. The summed E-state index contributed by atoms with van der Waals surface area (Å²) in [6, 6.07) is 25.9. The average molecular weight is 457 g/mol. The van der Waals surface area contributed by atoms with Crippen LogP contribution in [0.2, 0.25) is 0 Å². The first-order valence-electron chi connectivity index (χ1n) is 8.67. The molecular formula is C23H13BrN4S. The minimum absolute atomic E-state index is 0.112. The van der Waals surface area contributed by atoms with E-state index in [1.807, 2.05) is 60.7 Å². The lowest BCUT2D eigenvalue weighted by molar-refractivity contribution is 1.11. The van der Waals surface area contributed by atoms with Gasteiger partial charge in [0, 0.05) is 14.9 Å². The summed E-state index contributed by atoms with van der Waals surface area (Å²) in [6.45, 7) is 0. The lowest BCUT2D eigenvalue weighted by Gasteiger charge is -2.14. The van der Waals surface area contributed by atoms with Gasteiger partial charge in [-0.15, -0.1) is 0 Å². The molecule has 138 valence electrons. The summed E-state index contributed by atoms with van der Waals surface area (Å²) in [5.41, 5.74) is 7.89. The molecule has 0 atom stereocenters. The molecule has 3 aromatic carbocycles. The second-order valence-corrected chi connectivity index (χ2v) is 8.16. The second kappa shape index (κ2) is 7.97. The Morgan fingerprint density at radius 1 is 0.862 bits per heavy atom. The Morgan fingerprint density at radius 2 is 1.55 bits per heavy atom. The van der Waals surface area contributed by atoms with Gasteiger partial charge in [-0.2, -0.15) is 10.5 Å². The largest absolute Gasteiger partial charge is 0.383 e. The molecule has 0 amide bonds. The molecule has 29 heavy (non-hydrogen) atoms. The summed E-state index contributed by atoms with van der Waals surface area (Å²) in [6.07, 6.45) is 0. The molecule has 0 aliphatic heterocycles. The number of rotatable bonds is 3. The highest BCUT2D eigenvalue weighted by molar-refractivity contribution is 9.10. The summed E-state index contributed by atoms with van der Waals surface area (Å²) in [5.74, 6) is 0.112. The predicted molar refractivity (Wildman–Crippen MR) is 119 cm³/mol. The quantitative estimate of drug-likeness (QED) is 0.399. The molecule has 0 bridgehead atoms. The Bertz CT molecular complexity index is 1340. The smallest absolute Gasteiger partial charge is 0.143 e. The van der Waals surface area contributed by atoms with Gasteiger partial charge in [-0.3, -0.25) is 0 Å². The summed E-state index contributed by atoms with van der Waals surface area (Å²) in [5, 5.41) is 22.3. The number of nitrogens with two attached hydrogens (primary N) is 1. The van der Waals surface area contributed by atoms with Crippen molar-refractivity contribution in [2.24, 2.45) is 0 Å². The molecule has 0 aliphatic rings. The number of nitrogen functional groups attached to an aromatic ring is 1. The Hall–Kier alpha value is -3.32. The van der Waals surface area contributed by atoms with Gasteiger partial charge in [-0.1, -0.05) is 76.2 Å². The van der Waals surface area contributed by atoms with E-state index in [4.69, 9.17) is 5.73 Å². The standard InChI is InChI=1S/C23H13BrN4S/c24-20-8-4-3-7-17(20)21-18(12-25)22(27)28-23(19(21)13-26)29-16-10-9-14-5-1-2-6-15(14)11-16/h1-11H,(H2,27,28). The highest BCUT2D eigenvalue weighted by atomic mass is 79.9. The molecule has 1 heterocycles. The number of fused-ring (bicyclic) bond motifs is 1. The highest BCUT2D eigenvalue weighted by Gasteiger charge is 2.22. The van der Waals surface area contributed by atoms with E-state index in [0.717, 1.165) is 25.7 Å². The third-order valence-electron chi connectivity index (χ3n) is 4.49. The van der Waals surface area contributed by atoms with Crippen molar-refractivity contribution in [2.75, 3.05) is 5.73 Å². The zero-order valence-corrected chi connectivity index (χ0v) is 17.5. The zero-order valence-electron chi connectivity index (χ0n) is 15.1. The van der Waals surface area contributed by atoms with Gasteiger partial charge in [0.05, 0.1) is 5.56 Å². The minimum Gasteiger partial charge on any atom is -0.383 e. The number of hydrogen-bond donors (Lipinski definition) is 1. The number of nitrogens with zero attached hydrogens (tertiary/aromatic N) is 3. The Balaban J connectivity index is 1.91. The van der Waals surface area contributed by atoms with Crippen LogP contribution in [-0.4, -0.2) is 4.98 Å². The van der Waals surface area contributed by atoms with Crippen molar-refractivity contribution in [1.29, 1.82) is 10.5 Å². The first-order valence-corrected chi connectivity index (χ1v) is 10.3. The van der Waals surface area contributed by atoms with Gasteiger partial charge in [-0.25, -0.2) is 4.98 Å². The molecular weight excluding hydrogens is 444 g/mol. The van der Waals surface area contributed by atoms with Crippen LogP contribution in [0.1, 0.15) is 11.1 Å². The van der Waals surface area contributed by atoms with Crippen LogP contribution in [0.3, 0.4) is 0 Å². The van der Waals surface area contributed by atoms with E-state index in [-0.39, 0.29) is 11.4 Å². The van der Waals surface area contributed by atoms with Gasteiger partial charge < -0.3 is 5.73 Å². The van der Waals surface area contributed by atoms with Gasteiger partial charge in [0.1, 0.15) is 28.5 Å². The second-order valence-electron chi connectivity index (χ2n) is 6.24. The molecule has 0 aliphatic carbocycles. The summed E-state index contributed by atoms with van der Waals surface area (Å²) >= 11 is 4.88. The first-order chi connectivity index (χ1) is 14.1. The van der Waals surface area contributed by atoms with Gasteiger partial charge in [0.2, 0.25) is 0 Å². The lowest BCUT2D eigenvalue weighted by Crippen LogP contribution is -2.03. The van der Waals surface area contributed by atoms with Crippen LogP contribution in [0.25, 0.3) is 21.9 Å². The fourth-order valence-electron chi connectivity index (χ4n) is 3.15. The number of aromatic nitrogens is 1. The van der Waals surface area contributed by atoms with Crippen LogP contribution in [0.5, 0.6) is 0 Å². The monoisotopic (exact) mass is 456 g/mol. The molecule has 0 unspecified atom stereocenters. The SMILES string of the molecule is N#Cc1c(N)nc(Sc2ccc3ccccc3c2)c(C#N)c1-c1ccccc1Br. The average Bonchev–Trinajstić information content (AvgIpc) is 2.74. The van der Waals surface area contributed by atoms with Crippen LogP contribution in [0, 0.1) is 22.7 Å². The molecule has 4 rings (SSSR count). The van der Waals surface area contributed by atoms with Crippen molar-refractivity contribution in [3.05, 3.63) is 82.3 Å². The maximum absolute atomic E-state index is 9.94. The number of hydrogen-bond acceptors (Lipinski definition) is 5. The van der Waals surface area contributed by atoms with Crippen molar-refractivity contribution in [3.8, 4) is 23.3 Å². The third kappa shape index (κ3) is 3.56. The van der Waals surface area contributed by atoms with Crippen LogP contribution in [0.4, 0.5) is 5.82 Å². The number of benzene rings is 3. The van der Waals surface area contributed by atoms with Crippen molar-refractivity contribution in [2.45, 2.75) is 9.92 Å². The van der Waals surface area contributed by atoms with Crippen LogP contribution in [0.15, 0.2) is 81.1 Å². The van der Waals surface area contributed by atoms with E-state index in [2.05, 4.69) is 39.1 Å². The zero-order chi connectivity index (χ0) is 20.4. The predicted octanol–water partition coefficient (Wildman–Crippen LogP) is 6.14. The number of halogens is 1. The number of nitriles is 2. The van der Waals surface area contributed by atoms with Crippen LogP contribution in [-0.2, 0) is 0 Å². The molecule has 1 aromatic heterocycles. The molecule has 0 saturated carbocycles. The normalized spacial score (nSPS) is 10.4. The molecule has 0 radical (unpaired) electrons. The molecule has 0 spiro atoms. The Morgan fingerprint density at radius 3 is 2.28 bits per heavy atom. The summed E-state index contributed by atoms with van der Waals surface area (Å²) in [4.78, 5) is 5.33. The van der Waals surface area contributed by atoms with E-state index < -0.39 is 0 Å². The minimum atomic E-state index is 0.112. The molecule has 2 N–H and O–H groups in total. The topological polar surface area (TPSA) is 86.5 Å². The van der Waals surface area contributed by atoms with Gasteiger partial charge >= 0.3 is 0 Å². The number of pyridine rings is 1. The first kappa shape index (κ1) is 19.0. The van der Waals surface area contributed by atoms with Crippen molar-refractivity contribution < 1.29 is 0 Å². The van der Waals surface area contributed by atoms with Crippen molar-refractivity contribution in [3.63, 3.8) is 0 Å². The molecule has 0 saturated heterocycles. The molecule has 6 heteroatoms. The van der Waals surface area contributed by atoms with E-state index in [0.29, 0.717) is 16.2 Å². The van der Waals surface area contributed by atoms with Gasteiger partial charge in [0.15, 0.2) is 0 Å². The summed E-state index contributed by atoms with van der Waals surface area (Å²) < 4.78 is 0.778. The van der Waals surface area contributed by atoms with Crippen molar-refractivity contribution >= 4 is 44.3 Å².